The first kappa shape index (κ1) is 8.96. The third-order valence-corrected chi connectivity index (χ3v) is 2.09. The Labute approximate surface area is 80.3 Å². The third-order valence-electron chi connectivity index (χ3n) is 2.09. The van der Waals surface area contributed by atoms with E-state index in [-0.39, 0.29) is 5.56 Å². The summed E-state index contributed by atoms with van der Waals surface area (Å²) in [4.78, 5) is 17.9. The summed E-state index contributed by atoms with van der Waals surface area (Å²) < 4.78 is 6.86. The standard InChI is InChI=1S/C9H11N3O2/c1-14-5-4-12-6-11-8-7(12)2-3-10-9(8)13/h2-3,6H,4-5H2,1H3,(H,10,13). The minimum absolute atomic E-state index is 0.154. The van der Waals surface area contributed by atoms with Crippen LogP contribution in [0.15, 0.2) is 23.4 Å². The van der Waals surface area contributed by atoms with E-state index in [1.54, 1.807) is 19.6 Å². The van der Waals surface area contributed by atoms with Crippen LogP contribution in [0, 0.1) is 0 Å². The Morgan fingerprint density at radius 1 is 1.64 bits per heavy atom. The van der Waals surface area contributed by atoms with Gasteiger partial charge in [0, 0.05) is 19.9 Å². The number of nitrogens with zero attached hydrogens (tertiary/aromatic N) is 2. The van der Waals surface area contributed by atoms with Gasteiger partial charge in [-0.15, -0.1) is 0 Å². The van der Waals surface area contributed by atoms with Crippen molar-refractivity contribution in [2.45, 2.75) is 6.54 Å². The minimum Gasteiger partial charge on any atom is -0.383 e. The fraction of sp³-hybridized carbons (Fsp3) is 0.333. The number of pyridine rings is 1. The van der Waals surface area contributed by atoms with Gasteiger partial charge in [-0.1, -0.05) is 0 Å². The molecule has 0 spiro atoms. The summed E-state index contributed by atoms with van der Waals surface area (Å²) in [5.74, 6) is 0. The molecule has 0 fully saturated rings. The Bertz CT molecular complexity index is 486. The van der Waals surface area contributed by atoms with Crippen molar-refractivity contribution in [3.05, 3.63) is 28.9 Å². The highest BCUT2D eigenvalue weighted by atomic mass is 16.5. The zero-order valence-corrected chi connectivity index (χ0v) is 7.86. The van der Waals surface area contributed by atoms with Gasteiger partial charge in [-0.2, -0.15) is 0 Å². The van der Waals surface area contributed by atoms with Crippen molar-refractivity contribution in [2.24, 2.45) is 0 Å². The maximum atomic E-state index is 11.3. The highest BCUT2D eigenvalue weighted by Gasteiger charge is 2.04. The van der Waals surface area contributed by atoms with E-state index in [4.69, 9.17) is 4.74 Å². The van der Waals surface area contributed by atoms with Gasteiger partial charge in [-0.05, 0) is 6.07 Å². The molecular weight excluding hydrogens is 182 g/mol. The molecule has 2 rings (SSSR count). The van der Waals surface area contributed by atoms with Crippen LogP contribution in [0.5, 0.6) is 0 Å². The summed E-state index contributed by atoms with van der Waals surface area (Å²) in [5.41, 5.74) is 1.16. The van der Waals surface area contributed by atoms with Crippen molar-refractivity contribution in [3.8, 4) is 0 Å². The molecule has 0 aliphatic heterocycles. The SMILES string of the molecule is COCCn1cnc2c(=O)[nH]ccc21. The predicted octanol–water partition coefficient (Wildman–Crippen LogP) is 0.371. The van der Waals surface area contributed by atoms with Crippen molar-refractivity contribution in [3.63, 3.8) is 0 Å². The van der Waals surface area contributed by atoms with Crippen molar-refractivity contribution < 1.29 is 4.74 Å². The number of hydrogen-bond donors (Lipinski definition) is 1. The lowest BCUT2D eigenvalue weighted by atomic mass is 10.4. The average Bonchev–Trinajstić information content (AvgIpc) is 2.60. The van der Waals surface area contributed by atoms with Gasteiger partial charge in [0.2, 0.25) is 0 Å². The number of H-pyrrole nitrogens is 1. The lowest BCUT2D eigenvalue weighted by molar-refractivity contribution is 0.188. The molecule has 0 aromatic carbocycles. The molecule has 0 aliphatic carbocycles. The number of aromatic nitrogens is 3. The van der Waals surface area contributed by atoms with Gasteiger partial charge in [0.1, 0.15) is 0 Å². The molecule has 5 nitrogen and oxygen atoms in total. The van der Waals surface area contributed by atoms with E-state index in [9.17, 15) is 4.79 Å². The first-order chi connectivity index (χ1) is 6.83. The smallest absolute Gasteiger partial charge is 0.276 e. The molecule has 1 N–H and O–H groups in total. The Morgan fingerprint density at radius 2 is 2.50 bits per heavy atom. The number of ether oxygens (including phenoxy) is 1. The number of nitrogens with one attached hydrogen (secondary N) is 1. The molecule has 0 radical (unpaired) electrons. The minimum atomic E-state index is -0.154. The Morgan fingerprint density at radius 3 is 3.29 bits per heavy atom. The summed E-state index contributed by atoms with van der Waals surface area (Å²) >= 11 is 0. The van der Waals surface area contributed by atoms with Gasteiger partial charge in [-0.3, -0.25) is 4.79 Å². The maximum absolute atomic E-state index is 11.3. The molecule has 2 heterocycles. The Kier molecular flexibility index (Phi) is 2.32. The first-order valence-electron chi connectivity index (χ1n) is 4.34. The van der Waals surface area contributed by atoms with Crippen LogP contribution >= 0.6 is 0 Å². The van der Waals surface area contributed by atoms with Crippen LogP contribution in [-0.4, -0.2) is 28.3 Å². The summed E-state index contributed by atoms with van der Waals surface area (Å²) in [7, 11) is 1.64. The number of aromatic amines is 1. The van der Waals surface area contributed by atoms with Gasteiger partial charge in [0.15, 0.2) is 5.52 Å². The molecule has 0 unspecified atom stereocenters. The summed E-state index contributed by atoms with van der Waals surface area (Å²) in [5, 5.41) is 0. The number of fused-ring (bicyclic) bond motifs is 1. The number of imidazole rings is 1. The molecule has 0 bridgehead atoms. The molecule has 74 valence electrons. The van der Waals surface area contributed by atoms with Crippen LogP contribution in [0.3, 0.4) is 0 Å². The van der Waals surface area contributed by atoms with Crippen molar-refractivity contribution >= 4 is 11.0 Å². The van der Waals surface area contributed by atoms with Crippen LogP contribution in [-0.2, 0) is 11.3 Å². The lowest BCUT2D eigenvalue weighted by Crippen LogP contribution is -2.06. The zero-order valence-electron chi connectivity index (χ0n) is 7.86. The van der Waals surface area contributed by atoms with E-state index in [0.29, 0.717) is 18.7 Å². The second-order valence-electron chi connectivity index (χ2n) is 2.97. The molecule has 0 atom stereocenters. The quantitative estimate of drug-likeness (QED) is 0.766. The maximum Gasteiger partial charge on any atom is 0.276 e. The molecular formula is C9H11N3O2. The molecule has 0 amide bonds. The second kappa shape index (κ2) is 3.63. The number of rotatable bonds is 3. The van der Waals surface area contributed by atoms with Crippen LogP contribution in [0.25, 0.3) is 11.0 Å². The van der Waals surface area contributed by atoms with E-state index < -0.39 is 0 Å². The monoisotopic (exact) mass is 193 g/mol. The normalized spacial score (nSPS) is 10.9. The largest absolute Gasteiger partial charge is 0.383 e. The molecule has 0 saturated heterocycles. The van der Waals surface area contributed by atoms with Gasteiger partial charge >= 0.3 is 0 Å². The van der Waals surface area contributed by atoms with Crippen LogP contribution < -0.4 is 5.56 Å². The van der Waals surface area contributed by atoms with Crippen LogP contribution in [0.4, 0.5) is 0 Å². The summed E-state index contributed by atoms with van der Waals surface area (Å²) in [6.07, 6.45) is 3.27. The molecule has 2 aromatic rings. The molecule has 2 aromatic heterocycles. The zero-order chi connectivity index (χ0) is 9.97. The van der Waals surface area contributed by atoms with Crippen LogP contribution in [0.2, 0.25) is 0 Å². The molecule has 5 heteroatoms. The highest BCUT2D eigenvalue weighted by Crippen LogP contribution is 2.06. The lowest BCUT2D eigenvalue weighted by Gasteiger charge is -2.01. The van der Waals surface area contributed by atoms with E-state index >= 15 is 0 Å². The topological polar surface area (TPSA) is 59.9 Å². The summed E-state index contributed by atoms with van der Waals surface area (Å²) in [6.45, 7) is 1.31. The molecule has 0 saturated carbocycles. The van der Waals surface area contributed by atoms with Crippen molar-refractivity contribution in [1.82, 2.24) is 14.5 Å². The molecule has 14 heavy (non-hydrogen) atoms. The number of methoxy groups -OCH3 is 1. The summed E-state index contributed by atoms with van der Waals surface area (Å²) in [6, 6.07) is 1.83. The Balaban J connectivity index is 2.47. The Hall–Kier alpha value is -1.62. The van der Waals surface area contributed by atoms with E-state index in [2.05, 4.69) is 9.97 Å². The fourth-order valence-electron chi connectivity index (χ4n) is 1.37. The third kappa shape index (κ3) is 1.42. The van der Waals surface area contributed by atoms with E-state index in [1.807, 2.05) is 10.6 Å². The molecule has 0 aliphatic rings. The van der Waals surface area contributed by atoms with Gasteiger partial charge < -0.3 is 14.3 Å². The van der Waals surface area contributed by atoms with E-state index in [1.165, 1.54) is 0 Å². The van der Waals surface area contributed by atoms with Crippen molar-refractivity contribution in [1.29, 1.82) is 0 Å². The fourth-order valence-corrected chi connectivity index (χ4v) is 1.37. The van der Waals surface area contributed by atoms with Crippen molar-refractivity contribution in [2.75, 3.05) is 13.7 Å². The van der Waals surface area contributed by atoms with Gasteiger partial charge in [0.05, 0.1) is 18.5 Å². The average molecular weight is 193 g/mol. The van der Waals surface area contributed by atoms with Crippen LogP contribution in [0.1, 0.15) is 0 Å². The first-order valence-corrected chi connectivity index (χ1v) is 4.34. The van der Waals surface area contributed by atoms with E-state index in [0.717, 1.165) is 5.52 Å². The van der Waals surface area contributed by atoms with Gasteiger partial charge in [0.25, 0.3) is 5.56 Å². The highest BCUT2D eigenvalue weighted by molar-refractivity contribution is 5.73. The number of hydrogen-bond acceptors (Lipinski definition) is 3. The predicted molar refractivity (Wildman–Crippen MR) is 52.2 cm³/mol. The second-order valence-corrected chi connectivity index (χ2v) is 2.97. The van der Waals surface area contributed by atoms with Gasteiger partial charge in [-0.25, -0.2) is 4.98 Å².